The lowest BCUT2D eigenvalue weighted by Gasteiger charge is -2.14. The van der Waals surface area contributed by atoms with Gasteiger partial charge in [-0.15, -0.1) is 11.3 Å². The maximum Gasteiger partial charge on any atom is 0.417 e. The van der Waals surface area contributed by atoms with Crippen LogP contribution in [0.1, 0.15) is 17.0 Å². The van der Waals surface area contributed by atoms with E-state index < -0.39 is 22.7 Å². The standard InChI is InChI=1S/C18H13ClF3N3O2S/c1-25(9-14-23-13-6-7-28-16(13)17(27)24-14)15(26)5-3-10-2-4-12(19)11(8-10)18(20,21)22/h2-8H,9H2,1H3,(H,23,24,27). The van der Waals surface area contributed by atoms with E-state index in [1.807, 2.05) is 0 Å². The molecular weight excluding hydrogens is 415 g/mol. The van der Waals surface area contributed by atoms with Crippen molar-refractivity contribution >= 4 is 45.1 Å². The number of nitrogens with zero attached hydrogens (tertiary/aromatic N) is 2. The van der Waals surface area contributed by atoms with E-state index in [-0.39, 0.29) is 17.7 Å². The number of aromatic amines is 1. The fraction of sp³-hybridized carbons (Fsp3) is 0.167. The number of halogens is 4. The van der Waals surface area contributed by atoms with Crippen molar-refractivity contribution < 1.29 is 18.0 Å². The summed E-state index contributed by atoms with van der Waals surface area (Å²) in [4.78, 5) is 32.4. The molecule has 0 spiro atoms. The molecule has 3 rings (SSSR count). The molecule has 0 aliphatic rings. The molecule has 1 aromatic carbocycles. The molecule has 1 N–H and O–H groups in total. The van der Waals surface area contributed by atoms with E-state index in [1.54, 1.807) is 11.4 Å². The first-order valence-electron chi connectivity index (χ1n) is 7.91. The molecule has 0 aliphatic heterocycles. The molecule has 2 aromatic heterocycles. The number of benzene rings is 1. The van der Waals surface area contributed by atoms with Gasteiger partial charge in [-0.05, 0) is 35.2 Å². The van der Waals surface area contributed by atoms with E-state index in [0.717, 1.165) is 18.2 Å². The molecule has 0 saturated heterocycles. The Kier molecular flexibility index (Phi) is 5.57. The zero-order valence-corrected chi connectivity index (χ0v) is 16.0. The summed E-state index contributed by atoms with van der Waals surface area (Å²) >= 11 is 6.85. The second-order valence-corrected chi connectivity index (χ2v) is 7.24. The smallest absolute Gasteiger partial charge is 0.335 e. The van der Waals surface area contributed by atoms with Gasteiger partial charge in [0.1, 0.15) is 10.5 Å². The number of alkyl halides is 3. The van der Waals surface area contributed by atoms with Crippen LogP contribution in [0.25, 0.3) is 16.3 Å². The minimum atomic E-state index is -4.58. The summed E-state index contributed by atoms with van der Waals surface area (Å²) in [5.74, 6) is -0.150. The Morgan fingerprint density at radius 2 is 2.11 bits per heavy atom. The van der Waals surface area contributed by atoms with Crippen molar-refractivity contribution in [1.82, 2.24) is 14.9 Å². The van der Waals surface area contributed by atoms with Gasteiger partial charge >= 0.3 is 6.18 Å². The van der Waals surface area contributed by atoms with Crippen molar-refractivity contribution in [3.05, 3.63) is 68.0 Å². The highest BCUT2D eigenvalue weighted by Crippen LogP contribution is 2.35. The van der Waals surface area contributed by atoms with Crippen molar-refractivity contribution in [3.8, 4) is 0 Å². The highest BCUT2D eigenvalue weighted by atomic mass is 35.5. The number of thiophene rings is 1. The number of nitrogens with one attached hydrogen (secondary N) is 1. The summed E-state index contributed by atoms with van der Waals surface area (Å²) in [7, 11) is 1.49. The molecule has 28 heavy (non-hydrogen) atoms. The number of likely N-dealkylation sites (N-methyl/N-ethyl adjacent to an activating group) is 1. The monoisotopic (exact) mass is 427 g/mol. The molecule has 1 amide bonds. The summed E-state index contributed by atoms with van der Waals surface area (Å²) in [6.45, 7) is 0.0403. The van der Waals surface area contributed by atoms with Gasteiger partial charge in [-0.2, -0.15) is 13.2 Å². The van der Waals surface area contributed by atoms with Crippen LogP contribution >= 0.6 is 22.9 Å². The van der Waals surface area contributed by atoms with E-state index in [0.29, 0.717) is 16.0 Å². The molecule has 0 radical (unpaired) electrons. The number of hydrogen-bond donors (Lipinski definition) is 1. The van der Waals surface area contributed by atoms with E-state index >= 15 is 0 Å². The van der Waals surface area contributed by atoms with Gasteiger partial charge < -0.3 is 9.88 Å². The van der Waals surface area contributed by atoms with Crippen molar-refractivity contribution in [1.29, 1.82) is 0 Å². The van der Waals surface area contributed by atoms with E-state index in [2.05, 4.69) is 9.97 Å². The third-order valence-corrected chi connectivity index (χ3v) is 5.07. The average molecular weight is 428 g/mol. The first-order valence-corrected chi connectivity index (χ1v) is 9.17. The van der Waals surface area contributed by atoms with Crippen LogP contribution in [0.15, 0.2) is 40.5 Å². The Morgan fingerprint density at radius 1 is 1.36 bits per heavy atom. The number of aromatic nitrogens is 2. The average Bonchev–Trinajstić information content (AvgIpc) is 3.08. The van der Waals surface area contributed by atoms with Crippen molar-refractivity contribution in [2.24, 2.45) is 0 Å². The molecule has 0 fully saturated rings. The third kappa shape index (κ3) is 4.42. The molecule has 0 atom stereocenters. The molecule has 0 bridgehead atoms. The Bertz CT molecular complexity index is 1120. The van der Waals surface area contributed by atoms with Crippen LogP contribution < -0.4 is 5.56 Å². The Hall–Kier alpha value is -2.65. The molecule has 2 heterocycles. The summed E-state index contributed by atoms with van der Waals surface area (Å²) in [5, 5.41) is 1.34. The van der Waals surface area contributed by atoms with Crippen LogP contribution in [0.4, 0.5) is 13.2 Å². The SMILES string of the molecule is CN(Cc1nc2ccsc2c(=O)[nH]1)C(=O)C=Cc1ccc(Cl)c(C(F)(F)F)c1. The molecule has 3 aromatic rings. The van der Waals surface area contributed by atoms with Gasteiger partial charge in [-0.25, -0.2) is 4.98 Å². The Balaban J connectivity index is 1.74. The predicted octanol–water partition coefficient (Wildman–Crippen LogP) is 4.33. The maximum atomic E-state index is 12.9. The zero-order chi connectivity index (χ0) is 20.5. The first kappa shape index (κ1) is 20.1. The van der Waals surface area contributed by atoms with Gasteiger partial charge in [0.25, 0.3) is 5.56 Å². The minimum absolute atomic E-state index is 0.0403. The number of H-pyrrole nitrogens is 1. The molecule has 5 nitrogen and oxygen atoms in total. The number of hydrogen-bond acceptors (Lipinski definition) is 4. The minimum Gasteiger partial charge on any atom is -0.335 e. The van der Waals surface area contributed by atoms with E-state index in [4.69, 9.17) is 11.6 Å². The summed E-state index contributed by atoms with van der Waals surface area (Å²) in [5.41, 5.74) is -0.527. The fourth-order valence-electron chi connectivity index (χ4n) is 2.46. The van der Waals surface area contributed by atoms with Gasteiger partial charge in [0, 0.05) is 13.1 Å². The Morgan fingerprint density at radius 3 is 2.82 bits per heavy atom. The highest BCUT2D eigenvalue weighted by Gasteiger charge is 2.33. The number of amides is 1. The lowest BCUT2D eigenvalue weighted by Crippen LogP contribution is -2.26. The number of carbonyl (C=O) groups excluding carboxylic acids is 1. The third-order valence-electron chi connectivity index (χ3n) is 3.84. The molecule has 10 heteroatoms. The quantitative estimate of drug-likeness (QED) is 0.630. The Labute approximate surface area is 166 Å². The highest BCUT2D eigenvalue weighted by molar-refractivity contribution is 7.17. The van der Waals surface area contributed by atoms with Crippen molar-refractivity contribution in [2.75, 3.05) is 7.05 Å². The molecule has 146 valence electrons. The van der Waals surface area contributed by atoms with Crippen LogP contribution in [-0.2, 0) is 17.5 Å². The number of fused-ring (bicyclic) bond motifs is 1. The van der Waals surface area contributed by atoms with E-state index in [1.165, 1.54) is 35.4 Å². The second kappa shape index (κ2) is 7.76. The van der Waals surface area contributed by atoms with Crippen LogP contribution in [0.3, 0.4) is 0 Å². The molecule has 0 aliphatic carbocycles. The normalized spacial score (nSPS) is 12.0. The number of rotatable bonds is 4. The van der Waals surface area contributed by atoms with Gasteiger partial charge in [0.15, 0.2) is 0 Å². The summed E-state index contributed by atoms with van der Waals surface area (Å²) in [6.07, 6.45) is -2.17. The first-order chi connectivity index (χ1) is 13.1. The zero-order valence-electron chi connectivity index (χ0n) is 14.4. The van der Waals surface area contributed by atoms with Crippen molar-refractivity contribution in [3.63, 3.8) is 0 Å². The van der Waals surface area contributed by atoms with Crippen molar-refractivity contribution in [2.45, 2.75) is 12.7 Å². The summed E-state index contributed by atoms with van der Waals surface area (Å²) < 4.78 is 39.2. The second-order valence-electron chi connectivity index (χ2n) is 5.91. The number of carbonyl (C=O) groups is 1. The molecule has 0 unspecified atom stereocenters. The maximum absolute atomic E-state index is 12.9. The topological polar surface area (TPSA) is 66.1 Å². The van der Waals surface area contributed by atoms with Gasteiger partial charge in [-0.3, -0.25) is 9.59 Å². The van der Waals surface area contributed by atoms with Gasteiger partial charge in [0.05, 0.1) is 22.6 Å². The van der Waals surface area contributed by atoms with Crippen LogP contribution in [0.2, 0.25) is 5.02 Å². The summed E-state index contributed by atoms with van der Waals surface area (Å²) in [6, 6.07) is 5.09. The van der Waals surface area contributed by atoms with Crippen LogP contribution in [-0.4, -0.2) is 27.8 Å². The van der Waals surface area contributed by atoms with Gasteiger partial charge in [0.2, 0.25) is 5.91 Å². The van der Waals surface area contributed by atoms with Crippen LogP contribution in [0.5, 0.6) is 0 Å². The predicted molar refractivity (Wildman–Crippen MR) is 102 cm³/mol. The molecule has 0 saturated carbocycles. The van der Waals surface area contributed by atoms with Gasteiger partial charge in [-0.1, -0.05) is 17.7 Å². The van der Waals surface area contributed by atoms with Crippen LogP contribution in [0, 0.1) is 0 Å². The molecular formula is C18H13ClF3N3O2S. The largest absolute Gasteiger partial charge is 0.417 e. The lowest BCUT2D eigenvalue weighted by molar-refractivity contribution is -0.137. The lowest BCUT2D eigenvalue weighted by atomic mass is 10.1. The van der Waals surface area contributed by atoms with E-state index in [9.17, 15) is 22.8 Å². The fourth-order valence-corrected chi connectivity index (χ4v) is 3.41.